The van der Waals surface area contributed by atoms with Crippen molar-refractivity contribution in [2.75, 3.05) is 0 Å². The van der Waals surface area contributed by atoms with Crippen LogP contribution in [-0.4, -0.2) is 9.55 Å². The van der Waals surface area contributed by atoms with Crippen molar-refractivity contribution in [1.29, 1.82) is 0 Å². The van der Waals surface area contributed by atoms with E-state index in [9.17, 15) is 0 Å². The first-order valence-corrected chi connectivity index (χ1v) is 15.5. The fraction of sp³-hybridized carbons (Fsp3) is 0.175. The molecule has 0 fully saturated rings. The molecule has 0 aliphatic heterocycles. The van der Waals surface area contributed by atoms with E-state index in [1.807, 2.05) is 18.4 Å². The Morgan fingerprint density at radius 1 is 0.636 bits per heavy atom. The van der Waals surface area contributed by atoms with Gasteiger partial charge in [0.2, 0.25) is 0 Å². The average molecular weight is 575 g/mol. The second-order valence-electron chi connectivity index (χ2n) is 12.4. The molecule has 216 valence electrons. The quantitative estimate of drug-likeness (QED) is 0.198. The summed E-state index contributed by atoms with van der Waals surface area (Å²) in [6.45, 7) is 9.87. The predicted molar refractivity (Wildman–Crippen MR) is 181 cm³/mol. The van der Waals surface area contributed by atoms with Crippen LogP contribution in [0.4, 0.5) is 0 Å². The highest BCUT2D eigenvalue weighted by atomic mass is 16.3. The van der Waals surface area contributed by atoms with Gasteiger partial charge in [-0.05, 0) is 82.1 Å². The van der Waals surface area contributed by atoms with Gasteiger partial charge < -0.3 is 13.4 Å². The molecule has 0 bridgehead atoms. The minimum absolute atomic E-state index is 0.420. The van der Waals surface area contributed by atoms with E-state index in [4.69, 9.17) is 13.8 Å². The van der Waals surface area contributed by atoms with Gasteiger partial charge in [0, 0.05) is 16.2 Å². The van der Waals surface area contributed by atoms with Crippen molar-refractivity contribution >= 4 is 43.9 Å². The monoisotopic (exact) mass is 574 g/mol. The standard InChI is InChI=1S/C40H34N2O2/c1-24(2)28-11-9-12-29(25(3)4)33(28)22-42-36-14-7-6-13-35(36)41-40(42)34-23-43-37-18-16-26(21-32(34)37)27-17-19-39-31(20-27)30-10-5-8-15-38(30)44-39/h5-21,23-25H,22H2,1-4H3. The van der Waals surface area contributed by atoms with Gasteiger partial charge in [0.25, 0.3) is 0 Å². The Kier molecular flexibility index (Phi) is 6.19. The minimum Gasteiger partial charge on any atom is -0.464 e. The van der Waals surface area contributed by atoms with Crippen LogP contribution in [0, 0.1) is 0 Å². The highest BCUT2D eigenvalue weighted by molar-refractivity contribution is 6.06. The van der Waals surface area contributed by atoms with Crippen LogP contribution in [0.25, 0.3) is 66.5 Å². The zero-order valence-corrected chi connectivity index (χ0v) is 25.5. The van der Waals surface area contributed by atoms with Crippen molar-refractivity contribution in [3.63, 3.8) is 0 Å². The Morgan fingerprint density at radius 2 is 1.30 bits per heavy atom. The first-order chi connectivity index (χ1) is 21.5. The van der Waals surface area contributed by atoms with E-state index in [2.05, 4.69) is 123 Å². The number of benzene rings is 5. The minimum atomic E-state index is 0.420. The van der Waals surface area contributed by atoms with Gasteiger partial charge in [-0.1, -0.05) is 88.4 Å². The third-order valence-corrected chi connectivity index (χ3v) is 8.99. The highest BCUT2D eigenvalue weighted by Gasteiger charge is 2.21. The Labute approximate surface area is 256 Å². The van der Waals surface area contributed by atoms with E-state index in [1.165, 1.54) is 16.7 Å². The van der Waals surface area contributed by atoms with Crippen molar-refractivity contribution in [2.45, 2.75) is 46.1 Å². The third kappa shape index (κ3) is 4.24. The second kappa shape index (κ2) is 10.3. The first kappa shape index (κ1) is 26.5. The predicted octanol–water partition coefficient (Wildman–Crippen LogP) is 11.3. The summed E-state index contributed by atoms with van der Waals surface area (Å²) in [4.78, 5) is 5.21. The van der Waals surface area contributed by atoms with Gasteiger partial charge in [0.05, 0.1) is 23.1 Å². The van der Waals surface area contributed by atoms with Crippen LogP contribution in [0.3, 0.4) is 0 Å². The molecule has 0 unspecified atom stereocenters. The van der Waals surface area contributed by atoms with Crippen LogP contribution in [0.2, 0.25) is 0 Å². The fourth-order valence-corrected chi connectivity index (χ4v) is 6.77. The summed E-state index contributed by atoms with van der Waals surface area (Å²) in [6.07, 6.45) is 1.87. The molecule has 0 amide bonds. The van der Waals surface area contributed by atoms with Gasteiger partial charge >= 0.3 is 0 Å². The molecule has 0 aliphatic rings. The number of para-hydroxylation sites is 3. The molecule has 0 N–H and O–H groups in total. The summed E-state index contributed by atoms with van der Waals surface area (Å²) in [6, 6.07) is 36.3. The molecule has 3 aromatic heterocycles. The number of nitrogens with zero attached hydrogens (tertiary/aromatic N) is 2. The van der Waals surface area contributed by atoms with Crippen LogP contribution >= 0.6 is 0 Å². The van der Waals surface area contributed by atoms with Crippen molar-refractivity contribution in [3.05, 3.63) is 126 Å². The summed E-state index contributed by atoms with van der Waals surface area (Å²) in [5.74, 6) is 1.76. The van der Waals surface area contributed by atoms with Gasteiger partial charge in [-0.25, -0.2) is 4.98 Å². The van der Waals surface area contributed by atoms with E-state index >= 15 is 0 Å². The second-order valence-corrected chi connectivity index (χ2v) is 12.4. The Bertz CT molecular complexity index is 2300. The number of hydrogen-bond donors (Lipinski definition) is 0. The molecule has 44 heavy (non-hydrogen) atoms. The Balaban J connectivity index is 1.30. The summed E-state index contributed by atoms with van der Waals surface area (Å²) in [7, 11) is 0. The Morgan fingerprint density at radius 3 is 2.07 bits per heavy atom. The molecule has 0 radical (unpaired) electrons. The summed E-state index contributed by atoms with van der Waals surface area (Å²) in [5, 5.41) is 3.31. The maximum Gasteiger partial charge on any atom is 0.145 e. The van der Waals surface area contributed by atoms with Gasteiger partial charge in [-0.2, -0.15) is 0 Å². The van der Waals surface area contributed by atoms with Gasteiger partial charge in [-0.3, -0.25) is 0 Å². The van der Waals surface area contributed by atoms with Crippen molar-refractivity contribution in [3.8, 4) is 22.5 Å². The van der Waals surface area contributed by atoms with E-state index in [1.54, 1.807) is 0 Å². The SMILES string of the molecule is CC(C)c1cccc(C(C)C)c1Cn1c(-c2coc3ccc(-c4ccc5oc6ccccc6c5c4)cc23)nc2ccccc21. The molecule has 8 rings (SSSR count). The number of fused-ring (bicyclic) bond motifs is 5. The third-order valence-electron chi connectivity index (χ3n) is 8.99. The molecule has 5 aromatic carbocycles. The normalized spacial score (nSPS) is 12.1. The molecule has 4 nitrogen and oxygen atoms in total. The summed E-state index contributed by atoms with van der Waals surface area (Å²) in [5.41, 5.74) is 12.2. The maximum absolute atomic E-state index is 6.17. The molecule has 4 heteroatoms. The van der Waals surface area contributed by atoms with Gasteiger partial charge in [-0.15, -0.1) is 0 Å². The summed E-state index contributed by atoms with van der Waals surface area (Å²) < 4.78 is 14.6. The van der Waals surface area contributed by atoms with E-state index in [-0.39, 0.29) is 0 Å². The zero-order chi connectivity index (χ0) is 29.9. The van der Waals surface area contributed by atoms with Crippen molar-refractivity contribution < 1.29 is 8.83 Å². The molecule has 0 spiro atoms. The molecule has 0 saturated heterocycles. The maximum atomic E-state index is 6.17. The molecule has 8 aromatic rings. The lowest BCUT2D eigenvalue weighted by atomic mass is 9.88. The van der Waals surface area contributed by atoms with Crippen LogP contribution in [0.1, 0.15) is 56.2 Å². The number of hydrogen-bond acceptors (Lipinski definition) is 3. The number of imidazole rings is 1. The van der Waals surface area contributed by atoms with Gasteiger partial charge in [0.1, 0.15) is 28.8 Å². The molecule has 0 aliphatic carbocycles. The summed E-state index contributed by atoms with van der Waals surface area (Å²) >= 11 is 0. The fourth-order valence-electron chi connectivity index (χ4n) is 6.77. The lowest BCUT2D eigenvalue weighted by molar-refractivity contribution is 0.616. The zero-order valence-electron chi connectivity index (χ0n) is 25.5. The lowest BCUT2D eigenvalue weighted by Crippen LogP contribution is -2.10. The molecule has 0 saturated carbocycles. The average Bonchev–Trinajstić information content (AvgIpc) is 3.73. The highest BCUT2D eigenvalue weighted by Crippen LogP contribution is 2.38. The topological polar surface area (TPSA) is 44.1 Å². The Hall–Kier alpha value is -5.09. The van der Waals surface area contributed by atoms with E-state index in [0.717, 1.165) is 73.0 Å². The van der Waals surface area contributed by atoms with Crippen LogP contribution in [0.15, 0.2) is 118 Å². The smallest absolute Gasteiger partial charge is 0.145 e. The van der Waals surface area contributed by atoms with Crippen LogP contribution in [-0.2, 0) is 6.54 Å². The first-order valence-electron chi connectivity index (χ1n) is 15.5. The number of rotatable bonds is 6. The van der Waals surface area contributed by atoms with E-state index in [0.29, 0.717) is 11.8 Å². The van der Waals surface area contributed by atoms with Crippen molar-refractivity contribution in [1.82, 2.24) is 9.55 Å². The van der Waals surface area contributed by atoms with Crippen molar-refractivity contribution in [2.24, 2.45) is 0 Å². The van der Waals surface area contributed by atoms with E-state index < -0.39 is 0 Å². The van der Waals surface area contributed by atoms with Gasteiger partial charge in [0.15, 0.2) is 0 Å². The molecule has 3 heterocycles. The largest absolute Gasteiger partial charge is 0.464 e. The molecular weight excluding hydrogens is 540 g/mol. The number of aromatic nitrogens is 2. The molecular formula is C40H34N2O2. The van der Waals surface area contributed by atoms with Crippen LogP contribution < -0.4 is 0 Å². The molecule has 0 atom stereocenters. The lowest BCUT2D eigenvalue weighted by Gasteiger charge is -2.21. The number of furan rings is 2. The van der Waals surface area contributed by atoms with Crippen LogP contribution in [0.5, 0.6) is 0 Å².